The molecule has 0 aliphatic carbocycles. The van der Waals surface area contributed by atoms with Gasteiger partial charge in [-0.1, -0.05) is 34.1 Å². The van der Waals surface area contributed by atoms with Gasteiger partial charge in [-0.25, -0.2) is 4.21 Å². The molecule has 1 N–H and O–H groups in total. The smallest absolute Gasteiger partial charge is 0.428 e. The summed E-state index contributed by atoms with van der Waals surface area (Å²) in [6.45, 7) is 3.30. The molecule has 154 valence electrons. The van der Waals surface area contributed by atoms with E-state index < -0.39 is 21.6 Å². The highest BCUT2D eigenvalue weighted by atomic mass is 79.9. The van der Waals surface area contributed by atoms with Gasteiger partial charge in [-0.15, -0.1) is 0 Å². The molecule has 1 unspecified atom stereocenters. The summed E-state index contributed by atoms with van der Waals surface area (Å²) in [4.78, 5) is 8.12. The van der Waals surface area contributed by atoms with Crippen LogP contribution in [0.3, 0.4) is 0 Å². The average Bonchev–Trinajstić information content (AvgIpc) is 3.00. The van der Waals surface area contributed by atoms with Crippen LogP contribution in [0.15, 0.2) is 51.5 Å². The number of nitrogens with zero attached hydrogens (tertiary/aromatic N) is 2. The van der Waals surface area contributed by atoms with Crippen LogP contribution >= 0.6 is 15.9 Å². The summed E-state index contributed by atoms with van der Waals surface area (Å²) >= 11 is 3.37. The molecule has 5 nitrogen and oxygen atoms in total. The second kappa shape index (κ2) is 7.83. The van der Waals surface area contributed by atoms with Crippen molar-refractivity contribution in [3.63, 3.8) is 0 Å². The molecule has 1 atom stereocenters. The first-order valence-electron chi connectivity index (χ1n) is 8.35. The van der Waals surface area contributed by atoms with Crippen molar-refractivity contribution in [2.24, 2.45) is 0 Å². The number of alkyl halides is 3. The predicted molar refractivity (Wildman–Crippen MR) is 111 cm³/mol. The lowest BCUT2D eigenvalue weighted by molar-refractivity contribution is -0.141. The van der Waals surface area contributed by atoms with Crippen molar-refractivity contribution in [1.29, 1.82) is 0 Å². The third-order valence-corrected chi connectivity index (χ3v) is 6.74. The van der Waals surface area contributed by atoms with Crippen LogP contribution in [0.4, 0.5) is 19.2 Å². The Hall–Kier alpha value is -2.33. The van der Waals surface area contributed by atoms with Gasteiger partial charge in [0.05, 0.1) is 9.71 Å². The fourth-order valence-corrected chi connectivity index (χ4v) is 3.96. The van der Waals surface area contributed by atoms with Crippen molar-refractivity contribution in [3.8, 4) is 11.3 Å². The predicted octanol–water partition coefficient (Wildman–Crippen LogP) is 5.31. The van der Waals surface area contributed by atoms with Gasteiger partial charge < -0.3 is 4.42 Å². The molecule has 0 saturated carbocycles. The topological polar surface area (TPSA) is 68.0 Å². The van der Waals surface area contributed by atoms with Crippen LogP contribution in [0.5, 0.6) is 0 Å². The largest absolute Gasteiger partial charge is 0.433 e. The molecular formula is C19H17BrF3N3O2S. The van der Waals surface area contributed by atoms with Crippen molar-refractivity contribution in [1.82, 2.24) is 9.97 Å². The van der Waals surface area contributed by atoms with E-state index in [1.165, 1.54) is 12.3 Å². The molecule has 0 amide bonds. The van der Waals surface area contributed by atoms with Crippen LogP contribution in [0, 0.1) is 6.92 Å². The highest BCUT2D eigenvalue weighted by Crippen LogP contribution is 2.28. The fourth-order valence-electron chi connectivity index (χ4n) is 2.55. The number of aromatic nitrogens is 2. The molecule has 0 spiro atoms. The van der Waals surface area contributed by atoms with Crippen molar-refractivity contribution in [3.05, 3.63) is 64.1 Å². The van der Waals surface area contributed by atoms with E-state index in [1.807, 2.05) is 24.3 Å². The van der Waals surface area contributed by atoms with Gasteiger partial charge in [0.2, 0.25) is 0 Å². The summed E-state index contributed by atoms with van der Waals surface area (Å²) in [6, 6.07) is 9.64. The highest BCUT2D eigenvalue weighted by molar-refractivity contribution is 9.10. The van der Waals surface area contributed by atoms with E-state index in [0.29, 0.717) is 21.9 Å². The zero-order valence-electron chi connectivity index (χ0n) is 15.7. The van der Waals surface area contributed by atoms with Crippen molar-refractivity contribution >= 4 is 36.5 Å². The molecule has 0 fully saturated rings. The van der Waals surface area contributed by atoms with Crippen LogP contribution in [-0.4, -0.2) is 25.3 Å². The number of aryl methyl sites for hydroxylation is 1. The molecular weight excluding hydrogens is 471 g/mol. The minimum absolute atomic E-state index is 0.0622. The Morgan fingerprint density at radius 1 is 1.17 bits per heavy atom. The van der Waals surface area contributed by atoms with Crippen LogP contribution in [-0.2, 0) is 15.9 Å². The number of anilines is 1. The summed E-state index contributed by atoms with van der Waals surface area (Å²) in [7, 11) is -2.88. The molecule has 0 bridgehead atoms. The summed E-state index contributed by atoms with van der Waals surface area (Å²) < 4.78 is 60.5. The molecule has 3 aromatic rings. The first kappa shape index (κ1) is 21.4. The quantitative estimate of drug-likeness (QED) is 0.400. The molecule has 29 heavy (non-hydrogen) atoms. The van der Waals surface area contributed by atoms with Gasteiger partial charge in [0.15, 0.2) is 0 Å². The number of benzene rings is 1. The van der Waals surface area contributed by atoms with Crippen LogP contribution < -0.4 is 4.72 Å². The lowest BCUT2D eigenvalue weighted by Gasteiger charge is -2.12. The third kappa shape index (κ3) is 4.81. The molecule has 1 aromatic carbocycles. The van der Waals surface area contributed by atoms with Gasteiger partial charge in [-0.2, -0.15) is 18.2 Å². The van der Waals surface area contributed by atoms with Gasteiger partial charge in [0, 0.05) is 32.9 Å². The maximum atomic E-state index is 13.1. The Bertz CT molecular complexity index is 1150. The molecule has 2 heterocycles. The first-order chi connectivity index (χ1) is 13.5. The number of hydrogen-bond donors (Lipinski definition) is 1. The second-order valence-electron chi connectivity index (χ2n) is 6.36. The average molecular weight is 488 g/mol. The lowest BCUT2D eigenvalue weighted by Crippen LogP contribution is -2.20. The van der Waals surface area contributed by atoms with Crippen molar-refractivity contribution < 1.29 is 21.8 Å². The van der Waals surface area contributed by atoms with E-state index in [-0.39, 0.29) is 6.01 Å². The molecule has 0 radical (unpaired) electrons. The number of halogens is 4. The van der Waals surface area contributed by atoms with Crippen LogP contribution in [0.25, 0.3) is 11.3 Å². The molecule has 0 saturated heterocycles. The summed E-state index contributed by atoms with van der Waals surface area (Å²) in [6.07, 6.45) is -2.05. The van der Waals surface area contributed by atoms with Gasteiger partial charge in [-0.3, -0.25) is 9.71 Å². The van der Waals surface area contributed by atoms with Gasteiger partial charge in [0.1, 0.15) is 17.1 Å². The Balaban J connectivity index is 1.91. The first-order valence-corrected chi connectivity index (χ1v) is 11.1. The number of hydrogen-bond acceptors (Lipinski definition) is 4. The Morgan fingerprint density at radius 3 is 2.38 bits per heavy atom. The second-order valence-corrected chi connectivity index (χ2v) is 9.78. The molecule has 2 aromatic heterocycles. The maximum Gasteiger partial charge on any atom is 0.433 e. The lowest BCUT2D eigenvalue weighted by atomic mass is 10.1. The summed E-state index contributed by atoms with van der Waals surface area (Å²) in [5.41, 5.74) is 0.753. The normalized spacial score (nSPS) is 13.8. The van der Waals surface area contributed by atoms with E-state index in [9.17, 15) is 17.4 Å². The maximum absolute atomic E-state index is 13.1. The summed E-state index contributed by atoms with van der Waals surface area (Å²) in [5, 5.41) is 0. The van der Waals surface area contributed by atoms with Crippen molar-refractivity contribution in [2.45, 2.75) is 20.0 Å². The Morgan fingerprint density at radius 2 is 1.83 bits per heavy atom. The monoisotopic (exact) mass is 487 g/mol. The molecule has 3 rings (SSSR count). The Labute approximate surface area is 174 Å². The summed E-state index contributed by atoms with van der Waals surface area (Å²) in [5.74, 6) is 0.541. The third-order valence-electron chi connectivity index (χ3n) is 4.24. The van der Waals surface area contributed by atoms with E-state index >= 15 is 0 Å². The molecule has 10 heteroatoms. The van der Waals surface area contributed by atoms with E-state index in [2.05, 4.69) is 30.6 Å². The van der Waals surface area contributed by atoms with E-state index in [1.54, 1.807) is 13.8 Å². The van der Waals surface area contributed by atoms with Crippen LogP contribution in [0.2, 0.25) is 0 Å². The van der Waals surface area contributed by atoms with Gasteiger partial charge in [-0.05, 0) is 32.0 Å². The number of pyridine rings is 1. The van der Waals surface area contributed by atoms with Gasteiger partial charge in [0.25, 0.3) is 0 Å². The number of rotatable bonds is 4. The SMILES string of the molecule is CC(c1ccc(C(F)(F)F)nc1)=S(C)(=O)Nc1nc(-c2ccc(Br)cc2)c(C)o1. The fraction of sp³-hybridized carbons (Fsp3) is 0.211. The minimum Gasteiger partial charge on any atom is -0.428 e. The zero-order valence-corrected chi connectivity index (χ0v) is 18.1. The highest BCUT2D eigenvalue weighted by Gasteiger charge is 2.32. The van der Waals surface area contributed by atoms with Gasteiger partial charge >= 0.3 is 12.2 Å². The zero-order chi connectivity index (χ0) is 21.4. The molecule has 0 aliphatic rings. The standard InChI is InChI=1S/C19H17BrF3N3O2S/c1-11-17(13-4-7-15(20)8-5-13)25-18(28-11)26-29(3,27)12(2)14-6-9-16(24-10-14)19(21,22)23/h4-10H,1-3H3,(H,25,26,27). The van der Waals surface area contributed by atoms with Crippen molar-refractivity contribution in [2.75, 3.05) is 11.0 Å². The van der Waals surface area contributed by atoms with Crippen LogP contribution in [0.1, 0.15) is 23.9 Å². The number of nitrogens with one attached hydrogen (secondary N) is 1. The van der Waals surface area contributed by atoms with E-state index in [0.717, 1.165) is 22.3 Å². The Kier molecular flexibility index (Phi) is 5.77. The number of oxazole rings is 1. The molecule has 0 aliphatic heterocycles. The minimum atomic E-state index is -4.53. The van der Waals surface area contributed by atoms with E-state index in [4.69, 9.17) is 4.42 Å².